The number of carbonyl (C=O) groups is 2. The van der Waals surface area contributed by atoms with E-state index in [1.54, 1.807) is 6.08 Å². The standard InChI is InChI=1S/C22H29F3O4/c1-2-3-4-5-6-7-8-9-10-11-16-28-19(26)14-15-20(27)29-18-13-12-17(23)21(24)22(18)25/h10-13H,2-9,14-16H2,1H3/b11-10+. The highest BCUT2D eigenvalue weighted by Gasteiger charge is 2.17. The van der Waals surface area contributed by atoms with Crippen LogP contribution >= 0.6 is 0 Å². The quantitative estimate of drug-likeness (QED) is 0.123. The molecule has 0 unspecified atom stereocenters. The third-order valence-electron chi connectivity index (χ3n) is 4.24. The molecule has 0 spiro atoms. The Morgan fingerprint density at radius 1 is 0.862 bits per heavy atom. The van der Waals surface area contributed by atoms with Crippen LogP contribution in [0, 0.1) is 17.5 Å². The van der Waals surface area contributed by atoms with Crippen molar-refractivity contribution in [3.63, 3.8) is 0 Å². The topological polar surface area (TPSA) is 52.6 Å². The van der Waals surface area contributed by atoms with Gasteiger partial charge in [0.05, 0.1) is 12.8 Å². The van der Waals surface area contributed by atoms with E-state index in [0.29, 0.717) is 6.07 Å². The Balaban J connectivity index is 2.12. The fraction of sp³-hybridized carbons (Fsp3) is 0.545. The summed E-state index contributed by atoms with van der Waals surface area (Å²) in [6.07, 6.45) is 12.7. The molecule has 1 rings (SSSR count). The van der Waals surface area contributed by atoms with Crippen molar-refractivity contribution < 1.29 is 32.2 Å². The molecule has 0 aliphatic rings. The first-order chi connectivity index (χ1) is 14.0. The molecule has 0 atom stereocenters. The summed E-state index contributed by atoms with van der Waals surface area (Å²) < 4.78 is 48.9. The number of unbranched alkanes of at least 4 members (excludes halogenated alkanes) is 7. The lowest BCUT2D eigenvalue weighted by atomic mass is 10.1. The summed E-state index contributed by atoms with van der Waals surface area (Å²) in [6.45, 7) is 2.31. The molecule has 1 aromatic carbocycles. The minimum atomic E-state index is -1.72. The molecule has 0 N–H and O–H groups in total. The van der Waals surface area contributed by atoms with Gasteiger partial charge in [0, 0.05) is 0 Å². The van der Waals surface area contributed by atoms with E-state index < -0.39 is 35.1 Å². The first-order valence-corrected chi connectivity index (χ1v) is 10.1. The van der Waals surface area contributed by atoms with E-state index in [1.165, 1.54) is 38.5 Å². The van der Waals surface area contributed by atoms with Crippen molar-refractivity contribution in [1.82, 2.24) is 0 Å². The van der Waals surface area contributed by atoms with Gasteiger partial charge in [-0.05, 0) is 25.0 Å². The average Bonchev–Trinajstić information content (AvgIpc) is 2.71. The van der Waals surface area contributed by atoms with Crippen LogP contribution in [-0.2, 0) is 14.3 Å². The maximum atomic E-state index is 13.4. The molecule has 29 heavy (non-hydrogen) atoms. The maximum Gasteiger partial charge on any atom is 0.311 e. The van der Waals surface area contributed by atoms with Crippen molar-refractivity contribution in [2.45, 2.75) is 71.1 Å². The summed E-state index contributed by atoms with van der Waals surface area (Å²) in [5, 5.41) is 0. The summed E-state index contributed by atoms with van der Waals surface area (Å²) in [5.41, 5.74) is 0. The molecule has 0 saturated carbocycles. The first-order valence-electron chi connectivity index (χ1n) is 10.1. The molecule has 0 aliphatic carbocycles. The van der Waals surface area contributed by atoms with E-state index in [2.05, 4.69) is 11.7 Å². The van der Waals surface area contributed by atoms with Crippen molar-refractivity contribution >= 4 is 11.9 Å². The Bertz CT molecular complexity index is 674. The van der Waals surface area contributed by atoms with Gasteiger partial charge in [-0.3, -0.25) is 9.59 Å². The monoisotopic (exact) mass is 414 g/mol. The van der Waals surface area contributed by atoms with E-state index in [-0.39, 0.29) is 19.4 Å². The highest BCUT2D eigenvalue weighted by molar-refractivity contribution is 5.79. The highest BCUT2D eigenvalue weighted by Crippen LogP contribution is 2.22. The fourth-order valence-corrected chi connectivity index (χ4v) is 2.58. The number of benzene rings is 1. The fourth-order valence-electron chi connectivity index (χ4n) is 2.58. The van der Waals surface area contributed by atoms with Gasteiger partial charge in [-0.1, -0.05) is 57.6 Å². The Morgan fingerprint density at radius 2 is 1.52 bits per heavy atom. The summed E-state index contributed by atoms with van der Waals surface area (Å²) in [7, 11) is 0. The Labute approximate surface area is 170 Å². The molecule has 0 heterocycles. The number of hydrogen-bond acceptors (Lipinski definition) is 4. The minimum absolute atomic E-state index is 0.113. The number of allylic oxidation sites excluding steroid dienone is 1. The van der Waals surface area contributed by atoms with Crippen LogP contribution in [0.3, 0.4) is 0 Å². The van der Waals surface area contributed by atoms with Crippen LogP contribution < -0.4 is 4.74 Å². The largest absolute Gasteiger partial charge is 0.461 e. The van der Waals surface area contributed by atoms with Crippen LogP contribution in [0.5, 0.6) is 5.75 Å². The molecule has 0 bridgehead atoms. The van der Waals surface area contributed by atoms with Crippen LogP contribution in [0.25, 0.3) is 0 Å². The Hall–Kier alpha value is -2.31. The van der Waals surface area contributed by atoms with Gasteiger partial charge in [0.25, 0.3) is 0 Å². The predicted molar refractivity (Wildman–Crippen MR) is 104 cm³/mol. The molecule has 0 aromatic heterocycles. The number of hydrogen-bond donors (Lipinski definition) is 0. The molecule has 0 radical (unpaired) electrons. The lowest BCUT2D eigenvalue weighted by molar-refractivity contribution is -0.146. The highest BCUT2D eigenvalue weighted by atomic mass is 19.2. The van der Waals surface area contributed by atoms with Gasteiger partial charge in [-0.2, -0.15) is 4.39 Å². The summed E-state index contributed by atoms with van der Waals surface area (Å²) in [5.74, 6) is -6.97. The number of rotatable bonds is 14. The van der Waals surface area contributed by atoms with Gasteiger partial charge in [-0.15, -0.1) is 0 Å². The third-order valence-corrected chi connectivity index (χ3v) is 4.24. The van der Waals surface area contributed by atoms with Crippen molar-refractivity contribution in [1.29, 1.82) is 0 Å². The Morgan fingerprint density at radius 3 is 2.24 bits per heavy atom. The van der Waals surface area contributed by atoms with Crippen molar-refractivity contribution in [3.05, 3.63) is 41.7 Å². The minimum Gasteiger partial charge on any atom is -0.461 e. The SMILES string of the molecule is CCCCCCCCC/C=C/COC(=O)CCC(=O)Oc1ccc(F)c(F)c1F. The molecule has 0 amide bonds. The molecular formula is C22H29F3O4. The second-order valence-electron chi connectivity index (χ2n) is 6.71. The third kappa shape index (κ3) is 10.7. The lowest BCUT2D eigenvalue weighted by Crippen LogP contribution is -2.13. The zero-order valence-electron chi connectivity index (χ0n) is 16.9. The van der Waals surface area contributed by atoms with E-state index in [9.17, 15) is 22.8 Å². The molecule has 4 nitrogen and oxygen atoms in total. The van der Waals surface area contributed by atoms with Crippen LogP contribution in [0.4, 0.5) is 13.2 Å². The van der Waals surface area contributed by atoms with Gasteiger partial charge in [0.2, 0.25) is 5.82 Å². The summed E-state index contributed by atoms with van der Waals surface area (Å²) >= 11 is 0. The van der Waals surface area contributed by atoms with Gasteiger partial charge in [-0.25, -0.2) is 8.78 Å². The van der Waals surface area contributed by atoms with E-state index in [1.807, 2.05) is 6.08 Å². The van der Waals surface area contributed by atoms with Crippen LogP contribution in [0.1, 0.15) is 71.1 Å². The molecule has 0 fully saturated rings. The van der Waals surface area contributed by atoms with Crippen molar-refractivity contribution in [3.8, 4) is 5.75 Å². The zero-order valence-corrected chi connectivity index (χ0v) is 16.9. The van der Waals surface area contributed by atoms with Crippen molar-refractivity contribution in [2.75, 3.05) is 6.61 Å². The smallest absolute Gasteiger partial charge is 0.311 e. The summed E-state index contributed by atoms with van der Waals surface area (Å²) in [4.78, 5) is 23.2. The number of halogens is 3. The summed E-state index contributed by atoms with van der Waals surface area (Å²) in [6, 6.07) is 1.45. The molecule has 162 valence electrons. The molecular weight excluding hydrogens is 385 g/mol. The Kier molecular flexibility index (Phi) is 12.5. The lowest BCUT2D eigenvalue weighted by Gasteiger charge is -2.06. The normalized spacial score (nSPS) is 11.0. The van der Waals surface area contributed by atoms with Crippen LogP contribution in [0.2, 0.25) is 0 Å². The number of esters is 2. The van der Waals surface area contributed by atoms with Gasteiger partial charge in [0.1, 0.15) is 6.61 Å². The number of ether oxygens (including phenoxy) is 2. The second-order valence-corrected chi connectivity index (χ2v) is 6.71. The van der Waals surface area contributed by atoms with E-state index in [4.69, 9.17) is 4.74 Å². The van der Waals surface area contributed by atoms with E-state index >= 15 is 0 Å². The number of carbonyl (C=O) groups excluding carboxylic acids is 2. The van der Waals surface area contributed by atoms with Gasteiger partial charge >= 0.3 is 11.9 Å². The van der Waals surface area contributed by atoms with Crippen molar-refractivity contribution in [2.24, 2.45) is 0 Å². The molecule has 1 aromatic rings. The molecule has 7 heteroatoms. The average molecular weight is 414 g/mol. The van der Waals surface area contributed by atoms with Gasteiger partial charge in [0.15, 0.2) is 17.4 Å². The first kappa shape index (κ1) is 24.7. The van der Waals surface area contributed by atoms with Crippen LogP contribution in [-0.4, -0.2) is 18.5 Å². The predicted octanol–water partition coefficient (Wildman–Crippen LogP) is 6.03. The molecule has 0 saturated heterocycles. The van der Waals surface area contributed by atoms with E-state index in [0.717, 1.165) is 18.9 Å². The van der Waals surface area contributed by atoms with Gasteiger partial charge < -0.3 is 9.47 Å². The zero-order chi connectivity index (χ0) is 21.5. The maximum absolute atomic E-state index is 13.4. The van der Waals surface area contributed by atoms with Crippen LogP contribution in [0.15, 0.2) is 24.3 Å². The molecule has 0 aliphatic heterocycles. The second kappa shape index (κ2) is 14.7.